The summed E-state index contributed by atoms with van der Waals surface area (Å²) in [4.78, 5) is 13.5. The van der Waals surface area contributed by atoms with Gasteiger partial charge in [0.25, 0.3) is 0 Å². The predicted octanol–water partition coefficient (Wildman–Crippen LogP) is 6.01. The van der Waals surface area contributed by atoms with Gasteiger partial charge in [-0.15, -0.1) is 0 Å². The Bertz CT molecular complexity index is 1710. The molecule has 5 aromatic carbocycles. The van der Waals surface area contributed by atoms with Gasteiger partial charge in [0.15, 0.2) is 11.6 Å². The van der Waals surface area contributed by atoms with E-state index in [4.69, 9.17) is 4.74 Å². The van der Waals surface area contributed by atoms with E-state index in [1.807, 2.05) is 32.0 Å². The Hall–Kier alpha value is -4.65. The number of phenolic OH excluding ortho intramolecular Hbond substituents is 3. The second-order valence-electron chi connectivity index (χ2n) is 8.76. The normalized spacial score (nSPS) is 11.7. The minimum atomic E-state index is -0.356. The maximum absolute atomic E-state index is 10.5. The first-order valence-corrected chi connectivity index (χ1v) is 11.2. The van der Waals surface area contributed by atoms with Crippen LogP contribution in [-0.2, 0) is 0 Å². The van der Waals surface area contributed by atoms with E-state index in [9.17, 15) is 15.3 Å². The molecule has 0 bridgehead atoms. The standard InChI is InChI=1S/C28H21N3O4/c1-14(2)35-28-30-26(29-27(31-28)25-21(33)12-18(32)13-22(25)34)20-11-9-17-7-6-15-4-3-5-16-8-10-19(20)24(17)23(15)16/h3-14,32-34H,1-2H3. The summed E-state index contributed by atoms with van der Waals surface area (Å²) in [6.45, 7) is 3.71. The maximum Gasteiger partial charge on any atom is 0.320 e. The molecule has 0 unspecified atom stereocenters. The molecule has 6 rings (SSSR count). The quantitative estimate of drug-likeness (QED) is 0.275. The van der Waals surface area contributed by atoms with E-state index in [1.165, 1.54) is 5.39 Å². The highest BCUT2D eigenvalue weighted by Gasteiger charge is 2.21. The number of aromatic hydroxyl groups is 3. The first-order chi connectivity index (χ1) is 16.9. The van der Waals surface area contributed by atoms with Crippen LogP contribution in [0.15, 0.2) is 66.7 Å². The second-order valence-corrected chi connectivity index (χ2v) is 8.76. The minimum Gasteiger partial charge on any atom is -0.508 e. The van der Waals surface area contributed by atoms with Crippen LogP contribution in [0.3, 0.4) is 0 Å². The number of nitrogens with zero attached hydrogens (tertiary/aromatic N) is 3. The van der Waals surface area contributed by atoms with E-state index in [0.29, 0.717) is 5.82 Å². The van der Waals surface area contributed by atoms with Crippen LogP contribution in [-0.4, -0.2) is 36.4 Å². The molecule has 0 aliphatic heterocycles. The Kier molecular flexibility index (Phi) is 4.60. The number of hydrogen-bond donors (Lipinski definition) is 3. The predicted molar refractivity (Wildman–Crippen MR) is 135 cm³/mol. The molecule has 0 aliphatic carbocycles. The molecule has 0 fully saturated rings. The van der Waals surface area contributed by atoms with Crippen molar-refractivity contribution in [3.05, 3.63) is 66.7 Å². The average molecular weight is 463 g/mol. The topological polar surface area (TPSA) is 109 Å². The van der Waals surface area contributed by atoms with Gasteiger partial charge in [0.05, 0.1) is 6.10 Å². The van der Waals surface area contributed by atoms with Crippen LogP contribution >= 0.6 is 0 Å². The smallest absolute Gasteiger partial charge is 0.320 e. The highest BCUT2D eigenvalue weighted by atomic mass is 16.5. The van der Waals surface area contributed by atoms with Crippen LogP contribution < -0.4 is 4.74 Å². The lowest BCUT2D eigenvalue weighted by molar-refractivity contribution is 0.222. The van der Waals surface area contributed by atoms with Crippen LogP contribution in [0.25, 0.3) is 55.1 Å². The Balaban J connectivity index is 1.65. The Labute approximate surface area is 200 Å². The lowest BCUT2D eigenvalue weighted by atomic mass is 9.92. The Morgan fingerprint density at radius 3 is 1.97 bits per heavy atom. The number of rotatable bonds is 4. The lowest BCUT2D eigenvalue weighted by Crippen LogP contribution is -2.10. The molecular weight excluding hydrogens is 442 g/mol. The van der Waals surface area contributed by atoms with Crippen molar-refractivity contribution in [2.24, 2.45) is 0 Å². The summed E-state index contributed by atoms with van der Waals surface area (Å²) < 4.78 is 5.79. The fourth-order valence-electron chi connectivity index (χ4n) is 4.61. The van der Waals surface area contributed by atoms with Gasteiger partial charge in [-0.2, -0.15) is 9.97 Å². The molecule has 0 saturated carbocycles. The van der Waals surface area contributed by atoms with Crippen LogP contribution in [0, 0.1) is 0 Å². The molecule has 3 N–H and O–H groups in total. The fourth-order valence-corrected chi connectivity index (χ4v) is 4.61. The molecule has 0 spiro atoms. The van der Waals surface area contributed by atoms with Crippen molar-refractivity contribution in [2.75, 3.05) is 0 Å². The van der Waals surface area contributed by atoms with Crippen LogP contribution in [0.2, 0.25) is 0 Å². The minimum absolute atomic E-state index is 0.0160. The molecule has 0 aliphatic rings. The summed E-state index contributed by atoms with van der Waals surface area (Å²) in [6.07, 6.45) is -0.207. The molecule has 0 radical (unpaired) electrons. The van der Waals surface area contributed by atoms with Gasteiger partial charge in [-0.25, -0.2) is 4.98 Å². The molecule has 0 saturated heterocycles. The molecule has 1 aromatic heterocycles. The molecule has 1 heterocycles. The van der Waals surface area contributed by atoms with E-state index in [0.717, 1.165) is 44.6 Å². The van der Waals surface area contributed by atoms with Crippen LogP contribution in [0.5, 0.6) is 23.3 Å². The molecule has 172 valence electrons. The van der Waals surface area contributed by atoms with Crippen LogP contribution in [0.4, 0.5) is 0 Å². The third-order valence-corrected chi connectivity index (χ3v) is 6.03. The Morgan fingerprint density at radius 1 is 0.686 bits per heavy atom. The van der Waals surface area contributed by atoms with Crippen molar-refractivity contribution in [1.82, 2.24) is 15.0 Å². The molecule has 0 atom stereocenters. The van der Waals surface area contributed by atoms with Gasteiger partial charge < -0.3 is 20.1 Å². The number of phenols is 3. The van der Waals surface area contributed by atoms with Gasteiger partial charge in [-0.1, -0.05) is 48.5 Å². The molecule has 0 amide bonds. The summed E-state index contributed by atoms with van der Waals surface area (Å²) in [6, 6.07) is 20.9. The second kappa shape index (κ2) is 7.70. The first-order valence-electron chi connectivity index (χ1n) is 11.2. The van der Waals surface area contributed by atoms with Gasteiger partial charge >= 0.3 is 6.01 Å². The van der Waals surface area contributed by atoms with Crippen molar-refractivity contribution in [3.8, 4) is 46.0 Å². The van der Waals surface area contributed by atoms with Gasteiger partial charge in [0.1, 0.15) is 22.8 Å². The van der Waals surface area contributed by atoms with E-state index < -0.39 is 0 Å². The lowest BCUT2D eigenvalue weighted by Gasteiger charge is -2.15. The van der Waals surface area contributed by atoms with Crippen LogP contribution in [0.1, 0.15) is 13.8 Å². The number of ether oxygens (including phenoxy) is 1. The monoisotopic (exact) mass is 463 g/mol. The number of benzene rings is 5. The summed E-state index contributed by atoms with van der Waals surface area (Å²) in [5, 5.41) is 37.3. The number of hydrogen-bond acceptors (Lipinski definition) is 7. The molecular formula is C28H21N3O4. The van der Waals surface area contributed by atoms with Gasteiger partial charge in [0.2, 0.25) is 0 Å². The van der Waals surface area contributed by atoms with E-state index >= 15 is 0 Å². The van der Waals surface area contributed by atoms with Crippen molar-refractivity contribution < 1.29 is 20.1 Å². The van der Waals surface area contributed by atoms with Gasteiger partial charge in [0, 0.05) is 17.7 Å². The molecule has 7 heteroatoms. The highest BCUT2D eigenvalue weighted by molar-refractivity contribution is 6.25. The highest BCUT2D eigenvalue weighted by Crippen LogP contribution is 2.41. The third kappa shape index (κ3) is 3.40. The first kappa shape index (κ1) is 20.9. The largest absolute Gasteiger partial charge is 0.508 e. The van der Waals surface area contributed by atoms with E-state index in [-0.39, 0.29) is 40.8 Å². The van der Waals surface area contributed by atoms with E-state index in [2.05, 4.69) is 51.4 Å². The van der Waals surface area contributed by atoms with Crippen molar-refractivity contribution in [3.63, 3.8) is 0 Å². The maximum atomic E-state index is 10.5. The summed E-state index contributed by atoms with van der Waals surface area (Å²) in [5.41, 5.74) is 0.753. The summed E-state index contributed by atoms with van der Waals surface area (Å²) >= 11 is 0. The average Bonchev–Trinajstić information content (AvgIpc) is 2.81. The molecule has 7 nitrogen and oxygen atoms in total. The number of aromatic nitrogens is 3. The fraction of sp³-hybridized carbons (Fsp3) is 0.107. The SMILES string of the molecule is CC(C)Oc1nc(-c2c(O)cc(O)cc2O)nc(-c2ccc3ccc4cccc5ccc2c3c45)n1. The molecule has 6 aromatic rings. The van der Waals surface area contributed by atoms with Gasteiger partial charge in [-0.05, 0) is 52.2 Å². The zero-order chi connectivity index (χ0) is 24.3. The third-order valence-electron chi connectivity index (χ3n) is 6.03. The summed E-state index contributed by atoms with van der Waals surface area (Å²) in [5.74, 6) is -0.610. The zero-order valence-corrected chi connectivity index (χ0v) is 19.0. The zero-order valence-electron chi connectivity index (χ0n) is 19.0. The molecule has 35 heavy (non-hydrogen) atoms. The van der Waals surface area contributed by atoms with Crippen molar-refractivity contribution in [1.29, 1.82) is 0 Å². The Morgan fingerprint density at radius 2 is 1.29 bits per heavy atom. The van der Waals surface area contributed by atoms with E-state index in [1.54, 1.807) is 0 Å². The van der Waals surface area contributed by atoms with Crippen molar-refractivity contribution >= 4 is 32.3 Å². The summed E-state index contributed by atoms with van der Waals surface area (Å²) in [7, 11) is 0. The van der Waals surface area contributed by atoms with Gasteiger partial charge in [-0.3, -0.25) is 0 Å². The van der Waals surface area contributed by atoms with Crippen molar-refractivity contribution in [2.45, 2.75) is 20.0 Å².